The summed E-state index contributed by atoms with van der Waals surface area (Å²) in [4.78, 5) is 25.8. The fourth-order valence-corrected chi connectivity index (χ4v) is 4.11. The van der Waals surface area contributed by atoms with Crippen molar-refractivity contribution in [3.63, 3.8) is 0 Å². The van der Waals surface area contributed by atoms with Gasteiger partial charge in [-0.15, -0.1) is 0 Å². The van der Waals surface area contributed by atoms with Crippen molar-refractivity contribution in [2.45, 2.75) is 58.9 Å². The van der Waals surface area contributed by atoms with Gasteiger partial charge in [0.25, 0.3) is 5.91 Å². The molecule has 0 spiro atoms. The Bertz CT molecular complexity index is 1150. The maximum Gasteiger partial charge on any atom is 0.258 e. The van der Waals surface area contributed by atoms with Crippen LogP contribution in [-0.4, -0.2) is 18.6 Å². The van der Waals surface area contributed by atoms with E-state index in [4.69, 9.17) is 9.15 Å². The molecule has 0 radical (unpaired) electrons. The van der Waals surface area contributed by atoms with Crippen molar-refractivity contribution < 1.29 is 13.9 Å². The Morgan fingerprint density at radius 1 is 1.03 bits per heavy atom. The van der Waals surface area contributed by atoms with Crippen molar-refractivity contribution in [3.05, 3.63) is 63.3 Å². The van der Waals surface area contributed by atoms with E-state index in [1.807, 2.05) is 57.2 Å². The van der Waals surface area contributed by atoms with Crippen LogP contribution in [0.5, 0.6) is 5.75 Å². The van der Waals surface area contributed by atoms with Gasteiger partial charge < -0.3 is 14.5 Å². The maximum atomic E-state index is 13.3. The van der Waals surface area contributed by atoms with Gasteiger partial charge in [-0.25, -0.2) is 0 Å². The summed E-state index contributed by atoms with van der Waals surface area (Å²) in [5.41, 5.74) is 4.15. The summed E-state index contributed by atoms with van der Waals surface area (Å²) in [7, 11) is 0. The Balaban J connectivity index is 1.69. The quantitative estimate of drug-likeness (QED) is 0.616. The zero-order valence-electron chi connectivity index (χ0n) is 18.4. The van der Waals surface area contributed by atoms with Crippen molar-refractivity contribution in [2.75, 3.05) is 6.61 Å². The van der Waals surface area contributed by atoms with E-state index < -0.39 is 0 Å². The second-order valence-electron chi connectivity index (χ2n) is 8.58. The molecule has 0 saturated heterocycles. The van der Waals surface area contributed by atoms with Crippen molar-refractivity contribution in [1.29, 1.82) is 0 Å². The highest BCUT2D eigenvalue weighted by Crippen LogP contribution is 2.32. The average molecular weight is 420 g/mol. The van der Waals surface area contributed by atoms with E-state index in [9.17, 15) is 9.59 Å². The molecule has 1 heterocycles. The summed E-state index contributed by atoms with van der Waals surface area (Å²) in [5.74, 6) is 0.228. The van der Waals surface area contributed by atoms with Crippen LogP contribution in [0.1, 0.15) is 48.8 Å². The number of benzene rings is 2. The van der Waals surface area contributed by atoms with Crippen LogP contribution >= 0.6 is 0 Å². The average Bonchev–Trinajstić information content (AvgIpc) is 2.76. The summed E-state index contributed by atoms with van der Waals surface area (Å²) in [6.07, 6.45) is 5.49. The largest absolute Gasteiger partial charge is 0.476 e. The van der Waals surface area contributed by atoms with Gasteiger partial charge >= 0.3 is 0 Å². The molecule has 1 aromatic heterocycles. The van der Waals surface area contributed by atoms with Crippen LogP contribution in [0.4, 0.5) is 0 Å². The summed E-state index contributed by atoms with van der Waals surface area (Å²) in [6, 6.07) is 11.6. The van der Waals surface area contributed by atoms with Crippen LogP contribution in [0.2, 0.25) is 0 Å². The van der Waals surface area contributed by atoms with Crippen LogP contribution < -0.4 is 15.5 Å². The van der Waals surface area contributed by atoms with Crippen LogP contribution in [0.15, 0.2) is 45.6 Å². The number of hydrogen-bond acceptors (Lipinski definition) is 4. The minimum atomic E-state index is -0.259. The monoisotopic (exact) mass is 419 g/mol. The predicted molar refractivity (Wildman–Crippen MR) is 123 cm³/mol. The zero-order chi connectivity index (χ0) is 22.0. The van der Waals surface area contributed by atoms with Gasteiger partial charge in [0.2, 0.25) is 11.2 Å². The third-order valence-electron chi connectivity index (χ3n) is 6.10. The number of rotatable bonds is 5. The van der Waals surface area contributed by atoms with E-state index in [0.717, 1.165) is 47.9 Å². The number of amides is 1. The minimum Gasteiger partial charge on any atom is -0.476 e. The highest BCUT2D eigenvalue weighted by molar-refractivity contribution is 5.84. The maximum absolute atomic E-state index is 13.3. The number of carbonyl (C=O) groups is 1. The Labute approximate surface area is 182 Å². The molecule has 162 valence electrons. The molecular formula is C26H29NO4. The number of hydrogen-bond donors (Lipinski definition) is 1. The molecule has 5 nitrogen and oxygen atoms in total. The van der Waals surface area contributed by atoms with Crippen molar-refractivity contribution in [2.24, 2.45) is 0 Å². The van der Waals surface area contributed by atoms with Crippen molar-refractivity contribution in [3.8, 4) is 17.1 Å². The van der Waals surface area contributed by atoms with Crippen LogP contribution in [0.3, 0.4) is 0 Å². The van der Waals surface area contributed by atoms with Gasteiger partial charge in [0, 0.05) is 11.6 Å². The molecule has 1 N–H and O–H groups in total. The second-order valence-corrected chi connectivity index (χ2v) is 8.58. The molecule has 0 aliphatic heterocycles. The van der Waals surface area contributed by atoms with Crippen LogP contribution in [0, 0.1) is 20.8 Å². The van der Waals surface area contributed by atoms with Gasteiger partial charge in [-0.05, 0) is 56.9 Å². The van der Waals surface area contributed by atoms with Gasteiger partial charge in [0.05, 0.1) is 5.39 Å². The number of fused-ring (bicyclic) bond motifs is 1. The molecule has 1 aliphatic carbocycles. The molecular weight excluding hydrogens is 390 g/mol. The van der Waals surface area contributed by atoms with E-state index in [1.54, 1.807) is 0 Å². The topological polar surface area (TPSA) is 68.5 Å². The predicted octanol–water partition coefficient (Wildman–Crippen LogP) is 5.21. The normalized spacial score (nSPS) is 14.5. The van der Waals surface area contributed by atoms with E-state index in [-0.39, 0.29) is 29.7 Å². The summed E-state index contributed by atoms with van der Waals surface area (Å²) < 4.78 is 12.0. The van der Waals surface area contributed by atoms with Crippen molar-refractivity contribution in [1.82, 2.24) is 5.32 Å². The Morgan fingerprint density at radius 2 is 1.71 bits per heavy atom. The lowest BCUT2D eigenvalue weighted by molar-refractivity contribution is -0.124. The number of aryl methyl sites for hydroxylation is 3. The molecule has 31 heavy (non-hydrogen) atoms. The minimum absolute atomic E-state index is 0.0819. The number of ether oxygens (including phenoxy) is 1. The second kappa shape index (κ2) is 8.96. The third kappa shape index (κ3) is 4.66. The molecule has 2 aromatic carbocycles. The highest BCUT2D eigenvalue weighted by Gasteiger charge is 2.21. The molecule has 0 unspecified atom stereocenters. The first-order chi connectivity index (χ1) is 14.9. The lowest BCUT2D eigenvalue weighted by Gasteiger charge is -2.22. The highest BCUT2D eigenvalue weighted by atomic mass is 16.5. The smallest absolute Gasteiger partial charge is 0.258 e. The molecule has 1 aliphatic rings. The fraction of sp³-hybridized carbons (Fsp3) is 0.385. The Morgan fingerprint density at radius 3 is 2.42 bits per heavy atom. The molecule has 4 rings (SSSR count). The molecule has 5 heteroatoms. The molecule has 1 amide bonds. The first-order valence-electron chi connectivity index (χ1n) is 11.0. The number of nitrogens with one attached hydrogen (secondary N) is 1. The van der Waals surface area contributed by atoms with Gasteiger partial charge in [0.1, 0.15) is 5.58 Å². The lowest BCUT2D eigenvalue weighted by Crippen LogP contribution is -2.39. The van der Waals surface area contributed by atoms with E-state index in [1.165, 1.54) is 6.42 Å². The first-order valence-corrected chi connectivity index (χ1v) is 11.0. The number of carbonyl (C=O) groups excluding carboxylic acids is 1. The standard InChI is InChI=1S/C26H29NO4/c1-16-9-11-19(12-10-16)25-26(30-15-23(28)27-20-7-5-4-6-8-20)24(29)21-13-17(2)18(3)14-22(21)31-25/h9-14,20H,4-8,15H2,1-3H3,(H,27,28). The van der Waals surface area contributed by atoms with Gasteiger partial charge in [-0.3, -0.25) is 9.59 Å². The summed E-state index contributed by atoms with van der Waals surface area (Å²) in [5, 5.41) is 3.49. The van der Waals surface area contributed by atoms with Crippen LogP contribution in [-0.2, 0) is 4.79 Å². The summed E-state index contributed by atoms with van der Waals surface area (Å²) in [6.45, 7) is 5.73. The van der Waals surface area contributed by atoms with Gasteiger partial charge in [0.15, 0.2) is 12.4 Å². The molecule has 1 fully saturated rings. The van der Waals surface area contributed by atoms with E-state index in [0.29, 0.717) is 16.7 Å². The molecule has 1 saturated carbocycles. The molecule has 3 aromatic rings. The lowest BCUT2D eigenvalue weighted by atomic mass is 9.95. The summed E-state index contributed by atoms with van der Waals surface area (Å²) >= 11 is 0. The van der Waals surface area contributed by atoms with E-state index >= 15 is 0 Å². The Hall–Kier alpha value is -3.08. The van der Waals surface area contributed by atoms with Crippen molar-refractivity contribution >= 4 is 16.9 Å². The fourth-order valence-electron chi connectivity index (χ4n) is 4.11. The molecule has 0 bridgehead atoms. The Kier molecular flexibility index (Phi) is 6.12. The SMILES string of the molecule is Cc1ccc(-c2oc3cc(C)c(C)cc3c(=O)c2OCC(=O)NC2CCCCC2)cc1. The first kappa shape index (κ1) is 21.2. The van der Waals surface area contributed by atoms with Crippen LogP contribution in [0.25, 0.3) is 22.3 Å². The van der Waals surface area contributed by atoms with Gasteiger partial charge in [-0.1, -0.05) is 49.1 Å². The van der Waals surface area contributed by atoms with E-state index in [2.05, 4.69) is 5.32 Å². The molecule has 0 atom stereocenters. The zero-order valence-corrected chi connectivity index (χ0v) is 18.4. The van der Waals surface area contributed by atoms with Gasteiger partial charge in [-0.2, -0.15) is 0 Å². The third-order valence-corrected chi connectivity index (χ3v) is 6.10.